The van der Waals surface area contributed by atoms with Crippen molar-refractivity contribution >= 4 is 15.9 Å². The molecule has 0 heterocycles. The number of carbonyl (C=O) groups excluding carboxylic acids is 1. The second-order valence-electron chi connectivity index (χ2n) is 5.14. The lowest BCUT2D eigenvalue weighted by Gasteiger charge is -2.09. The van der Waals surface area contributed by atoms with E-state index in [0.717, 1.165) is 6.42 Å². The van der Waals surface area contributed by atoms with Gasteiger partial charge in [0, 0.05) is 18.7 Å². The van der Waals surface area contributed by atoms with E-state index >= 15 is 0 Å². The molecule has 110 valence electrons. The quantitative estimate of drug-likeness (QED) is 0.832. The summed E-state index contributed by atoms with van der Waals surface area (Å²) in [6.45, 7) is 2.26. The summed E-state index contributed by atoms with van der Waals surface area (Å²) in [5.74, 6) is 0.182. The van der Waals surface area contributed by atoms with Gasteiger partial charge in [-0.1, -0.05) is 6.92 Å². The van der Waals surface area contributed by atoms with Crippen molar-refractivity contribution in [2.45, 2.75) is 30.9 Å². The van der Waals surface area contributed by atoms with Gasteiger partial charge in [0.1, 0.15) is 0 Å². The molecule has 20 heavy (non-hydrogen) atoms. The summed E-state index contributed by atoms with van der Waals surface area (Å²) in [6, 6.07) is 4.48. The fourth-order valence-corrected chi connectivity index (χ4v) is 2.59. The molecule has 2 atom stereocenters. The lowest BCUT2D eigenvalue weighted by Crippen LogP contribution is -2.27. The molecular formula is C13H18N2O4S. The normalized spacial score (nSPS) is 21.6. The van der Waals surface area contributed by atoms with E-state index in [0.29, 0.717) is 11.5 Å². The molecule has 0 aromatic heterocycles. The molecular weight excluding hydrogens is 280 g/mol. The van der Waals surface area contributed by atoms with E-state index in [9.17, 15) is 13.2 Å². The highest BCUT2D eigenvalue weighted by Crippen LogP contribution is 2.29. The summed E-state index contributed by atoms with van der Waals surface area (Å²) in [5.41, 5.74) is 0.871. The smallest absolute Gasteiger partial charge is 0.251 e. The third kappa shape index (κ3) is 3.56. The summed E-state index contributed by atoms with van der Waals surface area (Å²) in [7, 11) is -2.36. The number of hydrogen-bond acceptors (Lipinski definition) is 4. The fourth-order valence-electron chi connectivity index (χ4n) is 1.98. The van der Waals surface area contributed by atoms with Gasteiger partial charge in [-0.25, -0.2) is 13.6 Å². The Balaban J connectivity index is 2.31. The number of benzene rings is 1. The summed E-state index contributed by atoms with van der Waals surface area (Å²) in [4.78, 5) is 12.0. The van der Waals surface area contributed by atoms with Gasteiger partial charge in [0.15, 0.2) is 0 Å². The molecule has 1 fully saturated rings. The SMILES string of the molecule is COCc1cc(C(=O)NC2CC2C)cc(S(N)(=O)=O)c1. The molecule has 0 radical (unpaired) electrons. The van der Waals surface area contributed by atoms with E-state index < -0.39 is 10.0 Å². The van der Waals surface area contributed by atoms with Crippen LogP contribution in [0, 0.1) is 5.92 Å². The lowest BCUT2D eigenvalue weighted by atomic mass is 10.1. The van der Waals surface area contributed by atoms with E-state index in [1.807, 2.05) is 6.92 Å². The zero-order chi connectivity index (χ0) is 14.9. The zero-order valence-electron chi connectivity index (χ0n) is 11.4. The highest BCUT2D eigenvalue weighted by atomic mass is 32.2. The van der Waals surface area contributed by atoms with Crippen molar-refractivity contribution in [3.05, 3.63) is 29.3 Å². The Morgan fingerprint density at radius 2 is 2.10 bits per heavy atom. The number of carbonyl (C=O) groups is 1. The maximum absolute atomic E-state index is 12.1. The minimum atomic E-state index is -3.86. The van der Waals surface area contributed by atoms with E-state index in [4.69, 9.17) is 9.88 Å². The van der Waals surface area contributed by atoms with Crippen molar-refractivity contribution in [3.8, 4) is 0 Å². The Kier molecular flexibility index (Phi) is 4.12. The van der Waals surface area contributed by atoms with Crippen LogP contribution in [-0.4, -0.2) is 27.5 Å². The molecule has 1 aromatic rings. The van der Waals surface area contributed by atoms with Gasteiger partial charge < -0.3 is 10.1 Å². The Morgan fingerprint density at radius 1 is 1.45 bits per heavy atom. The molecule has 2 unspecified atom stereocenters. The first-order valence-corrected chi connectivity index (χ1v) is 7.82. The lowest BCUT2D eigenvalue weighted by molar-refractivity contribution is 0.0948. The Bertz CT molecular complexity index is 627. The molecule has 0 spiro atoms. The number of ether oxygens (including phenoxy) is 1. The number of amides is 1. The predicted octanol–water partition coefficient (Wildman–Crippen LogP) is 0.619. The van der Waals surface area contributed by atoms with Crippen LogP contribution in [-0.2, 0) is 21.4 Å². The largest absolute Gasteiger partial charge is 0.380 e. The highest BCUT2D eigenvalue weighted by Gasteiger charge is 2.34. The van der Waals surface area contributed by atoms with Gasteiger partial charge in [-0.05, 0) is 36.1 Å². The van der Waals surface area contributed by atoms with Crippen molar-refractivity contribution < 1.29 is 17.9 Å². The molecule has 6 nitrogen and oxygen atoms in total. The monoisotopic (exact) mass is 298 g/mol. The molecule has 1 aliphatic rings. The van der Waals surface area contributed by atoms with Crippen LogP contribution in [0.4, 0.5) is 0 Å². The molecule has 1 saturated carbocycles. The van der Waals surface area contributed by atoms with Gasteiger partial charge in [0.05, 0.1) is 11.5 Å². The molecule has 0 bridgehead atoms. The van der Waals surface area contributed by atoms with Crippen LogP contribution in [0.1, 0.15) is 29.3 Å². The van der Waals surface area contributed by atoms with E-state index in [2.05, 4.69) is 5.32 Å². The number of rotatable bonds is 5. The number of nitrogens with two attached hydrogens (primary N) is 1. The van der Waals surface area contributed by atoms with Gasteiger partial charge in [0.25, 0.3) is 5.91 Å². The minimum absolute atomic E-state index is 0.0824. The minimum Gasteiger partial charge on any atom is -0.380 e. The summed E-state index contributed by atoms with van der Waals surface area (Å²) in [6.07, 6.45) is 0.950. The van der Waals surface area contributed by atoms with E-state index in [1.165, 1.54) is 19.2 Å². The van der Waals surface area contributed by atoms with Crippen LogP contribution >= 0.6 is 0 Å². The molecule has 2 rings (SSSR count). The second-order valence-corrected chi connectivity index (χ2v) is 6.70. The van der Waals surface area contributed by atoms with Gasteiger partial charge >= 0.3 is 0 Å². The van der Waals surface area contributed by atoms with Gasteiger partial charge in [-0.3, -0.25) is 4.79 Å². The predicted molar refractivity (Wildman–Crippen MR) is 73.6 cm³/mol. The topological polar surface area (TPSA) is 98.5 Å². The molecule has 1 aromatic carbocycles. The maximum atomic E-state index is 12.1. The fraction of sp³-hybridized carbons (Fsp3) is 0.462. The average Bonchev–Trinajstić information content (AvgIpc) is 3.03. The highest BCUT2D eigenvalue weighted by molar-refractivity contribution is 7.89. The van der Waals surface area contributed by atoms with Crippen molar-refractivity contribution in [2.24, 2.45) is 11.1 Å². The van der Waals surface area contributed by atoms with Gasteiger partial charge in [0.2, 0.25) is 10.0 Å². The van der Waals surface area contributed by atoms with Gasteiger partial charge in [-0.2, -0.15) is 0 Å². The third-order valence-electron chi connectivity index (χ3n) is 3.29. The molecule has 0 saturated heterocycles. The van der Waals surface area contributed by atoms with Crippen LogP contribution in [0.2, 0.25) is 0 Å². The second kappa shape index (κ2) is 5.51. The standard InChI is InChI=1S/C13H18N2O4S/c1-8-3-12(8)15-13(16)10-4-9(7-19-2)5-11(6-10)20(14,17)18/h4-6,8,12H,3,7H2,1-2H3,(H,15,16)(H2,14,17,18). The van der Waals surface area contributed by atoms with E-state index in [1.54, 1.807) is 6.07 Å². The molecule has 7 heteroatoms. The van der Waals surface area contributed by atoms with Crippen molar-refractivity contribution in [1.82, 2.24) is 5.32 Å². The molecule has 3 N–H and O–H groups in total. The van der Waals surface area contributed by atoms with Gasteiger partial charge in [-0.15, -0.1) is 0 Å². The number of hydrogen-bond donors (Lipinski definition) is 2. The molecule has 0 aliphatic heterocycles. The van der Waals surface area contributed by atoms with Crippen LogP contribution in [0.5, 0.6) is 0 Å². The first kappa shape index (κ1) is 15.0. The first-order valence-electron chi connectivity index (χ1n) is 6.28. The van der Waals surface area contributed by atoms with E-state index in [-0.39, 0.29) is 29.0 Å². The van der Waals surface area contributed by atoms with Crippen LogP contribution in [0.3, 0.4) is 0 Å². The Hall–Kier alpha value is -1.44. The van der Waals surface area contributed by atoms with Crippen molar-refractivity contribution in [1.29, 1.82) is 0 Å². The first-order chi connectivity index (χ1) is 9.31. The van der Waals surface area contributed by atoms with Crippen molar-refractivity contribution in [2.75, 3.05) is 7.11 Å². The maximum Gasteiger partial charge on any atom is 0.251 e. The summed E-state index contributed by atoms with van der Waals surface area (Å²) < 4.78 is 27.9. The van der Waals surface area contributed by atoms with Crippen LogP contribution in [0.15, 0.2) is 23.1 Å². The van der Waals surface area contributed by atoms with Crippen molar-refractivity contribution in [3.63, 3.8) is 0 Å². The molecule has 1 aliphatic carbocycles. The van der Waals surface area contributed by atoms with Crippen LogP contribution < -0.4 is 10.5 Å². The summed E-state index contributed by atoms with van der Waals surface area (Å²) >= 11 is 0. The number of primary sulfonamides is 1. The summed E-state index contributed by atoms with van der Waals surface area (Å²) in [5, 5.41) is 7.98. The average molecular weight is 298 g/mol. The number of nitrogens with one attached hydrogen (secondary N) is 1. The number of sulfonamides is 1. The Labute approximate surface area is 118 Å². The third-order valence-corrected chi connectivity index (χ3v) is 4.19. The molecule has 1 amide bonds. The zero-order valence-corrected chi connectivity index (χ0v) is 12.2. The number of methoxy groups -OCH3 is 1. The Morgan fingerprint density at radius 3 is 2.60 bits per heavy atom. The van der Waals surface area contributed by atoms with Crippen LogP contribution in [0.25, 0.3) is 0 Å².